The van der Waals surface area contributed by atoms with Crippen molar-refractivity contribution in [2.24, 2.45) is 11.8 Å². The van der Waals surface area contributed by atoms with Gasteiger partial charge < -0.3 is 37.2 Å². The van der Waals surface area contributed by atoms with Crippen LogP contribution in [-0.2, 0) is 24.0 Å². The highest BCUT2D eigenvalue weighted by Gasteiger charge is 2.39. The molecule has 2 fully saturated rings. The molecule has 244 valence electrons. The van der Waals surface area contributed by atoms with Gasteiger partial charge in [-0.2, -0.15) is 0 Å². The Hall–Kier alpha value is -3.38. The van der Waals surface area contributed by atoms with E-state index in [1.54, 1.807) is 27.7 Å². The summed E-state index contributed by atoms with van der Waals surface area (Å²) in [5.41, 5.74) is -1.41. The molecule has 0 radical (unpaired) electrons. The third-order valence-corrected chi connectivity index (χ3v) is 8.26. The molecule has 8 N–H and O–H groups in total. The maximum atomic E-state index is 13.7. The van der Waals surface area contributed by atoms with Gasteiger partial charge in [0.15, 0.2) is 5.96 Å². The molecule has 43 heavy (non-hydrogen) atoms. The largest absolute Gasteiger partial charge is 0.357 e. The van der Waals surface area contributed by atoms with Crippen LogP contribution in [0.15, 0.2) is 0 Å². The number of guanidine groups is 1. The van der Waals surface area contributed by atoms with E-state index in [1.165, 1.54) is 6.42 Å². The maximum absolute atomic E-state index is 13.7. The lowest BCUT2D eigenvalue weighted by Gasteiger charge is -2.34. The maximum Gasteiger partial charge on any atom is 0.246 e. The molecule has 1 aliphatic carbocycles. The van der Waals surface area contributed by atoms with E-state index in [-0.39, 0.29) is 43.1 Å². The fourth-order valence-electron chi connectivity index (χ4n) is 5.44. The minimum atomic E-state index is -1.41. The quantitative estimate of drug-likeness (QED) is 0.102. The molecule has 4 atom stereocenters. The smallest absolute Gasteiger partial charge is 0.246 e. The number of rotatable bonds is 10. The van der Waals surface area contributed by atoms with Crippen molar-refractivity contribution in [2.45, 2.75) is 122 Å². The standard InChI is InChI=1S/C30H54N8O5/c1-6-21-26(41)36-23(18-20-12-9-8-10-13-20)25(40)33-17-15-30(5,38-24(39)19(3)4)28(43)37-22(27(42)35-21)14-11-16-34-29(31)32-7-2/h19-23H,6-18H2,1-5H3,(H,33,40)(H,35,42)(H,36,41)(H,37,43)(H,38,39)(H3,31,32,34)/t21-,22-,23+,30+/m0/s1. The Balaban J connectivity index is 2.33. The van der Waals surface area contributed by atoms with Crippen LogP contribution < -0.4 is 37.2 Å². The van der Waals surface area contributed by atoms with E-state index in [4.69, 9.17) is 5.41 Å². The van der Waals surface area contributed by atoms with Crippen LogP contribution in [0.4, 0.5) is 0 Å². The second kappa shape index (κ2) is 17.7. The molecule has 2 rings (SSSR count). The first-order valence-electron chi connectivity index (χ1n) is 16.0. The highest BCUT2D eigenvalue weighted by atomic mass is 16.2. The topological polar surface area (TPSA) is 193 Å². The predicted molar refractivity (Wildman–Crippen MR) is 165 cm³/mol. The molecule has 1 saturated carbocycles. The monoisotopic (exact) mass is 606 g/mol. The Morgan fingerprint density at radius 3 is 2.21 bits per heavy atom. The van der Waals surface area contributed by atoms with Crippen molar-refractivity contribution in [2.75, 3.05) is 19.6 Å². The van der Waals surface area contributed by atoms with Gasteiger partial charge in [0.2, 0.25) is 29.5 Å². The Bertz CT molecular complexity index is 984. The lowest BCUT2D eigenvalue weighted by atomic mass is 9.84. The fraction of sp³-hybridized carbons (Fsp3) is 0.800. The van der Waals surface area contributed by atoms with E-state index in [0.29, 0.717) is 38.3 Å². The molecule has 0 aromatic carbocycles. The van der Waals surface area contributed by atoms with Crippen molar-refractivity contribution in [3.8, 4) is 0 Å². The summed E-state index contributed by atoms with van der Waals surface area (Å²) in [4.78, 5) is 66.7. The predicted octanol–water partition coefficient (Wildman–Crippen LogP) is 0.786. The van der Waals surface area contributed by atoms with Crippen LogP contribution in [0.1, 0.15) is 98.8 Å². The number of nitrogens with one attached hydrogen (secondary N) is 8. The second-order valence-electron chi connectivity index (χ2n) is 12.3. The van der Waals surface area contributed by atoms with Gasteiger partial charge in [-0.05, 0) is 51.9 Å². The van der Waals surface area contributed by atoms with Gasteiger partial charge in [-0.1, -0.05) is 52.9 Å². The minimum absolute atomic E-state index is 0.0838. The molecule has 13 heteroatoms. The molecule has 5 amide bonds. The molecule has 0 aromatic heterocycles. The average molecular weight is 607 g/mol. The van der Waals surface area contributed by atoms with Crippen LogP contribution in [0.3, 0.4) is 0 Å². The third kappa shape index (κ3) is 11.7. The van der Waals surface area contributed by atoms with Crippen LogP contribution in [0.25, 0.3) is 0 Å². The van der Waals surface area contributed by atoms with Crippen molar-refractivity contribution in [3.05, 3.63) is 0 Å². The molecule has 1 aliphatic heterocycles. The van der Waals surface area contributed by atoms with Crippen molar-refractivity contribution >= 4 is 35.5 Å². The zero-order chi connectivity index (χ0) is 32.0. The van der Waals surface area contributed by atoms with Crippen molar-refractivity contribution < 1.29 is 24.0 Å². The number of amides is 5. The molecular weight excluding hydrogens is 552 g/mol. The summed E-state index contributed by atoms with van der Waals surface area (Å²) in [5.74, 6) is -2.11. The Morgan fingerprint density at radius 2 is 1.58 bits per heavy atom. The first-order chi connectivity index (χ1) is 20.4. The van der Waals surface area contributed by atoms with Crippen LogP contribution in [0, 0.1) is 17.2 Å². The first kappa shape index (κ1) is 35.8. The lowest BCUT2D eigenvalue weighted by Crippen LogP contribution is -2.63. The number of carbonyl (C=O) groups is 5. The lowest BCUT2D eigenvalue weighted by molar-refractivity contribution is -0.138. The van der Waals surface area contributed by atoms with Crippen molar-refractivity contribution in [1.29, 1.82) is 5.41 Å². The minimum Gasteiger partial charge on any atom is -0.357 e. The number of carbonyl (C=O) groups excluding carboxylic acids is 5. The fourth-order valence-corrected chi connectivity index (χ4v) is 5.44. The molecule has 0 aromatic rings. The molecule has 0 unspecified atom stereocenters. The molecule has 2 aliphatic rings. The van der Waals surface area contributed by atoms with Gasteiger partial charge in [0, 0.05) is 25.6 Å². The van der Waals surface area contributed by atoms with Gasteiger partial charge in [0.05, 0.1) is 0 Å². The Kier molecular flexibility index (Phi) is 14.7. The Labute approximate surface area is 256 Å². The van der Waals surface area contributed by atoms with E-state index in [1.807, 2.05) is 6.92 Å². The van der Waals surface area contributed by atoms with E-state index < -0.39 is 41.4 Å². The second-order valence-corrected chi connectivity index (χ2v) is 12.3. The summed E-state index contributed by atoms with van der Waals surface area (Å²) in [5, 5.41) is 27.8. The van der Waals surface area contributed by atoms with E-state index in [0.717, 1.165) is 25.7 Å². The average Bonchev–Trinajstić information content (AvgIpc) is 2.96. The molecule has 0 spiro atoms. The van der Waals surface area contributed by atoms with Crippen LogP contribution >= 0.6 is 0 Å². The highest BCUT2D eigenvalue weighted by Crippen LogP contribution is 2.27. The molecule has 1 heterocycles. The van der Waals surface area contributed by atoms with Gasteiger partial charge in [-0.15, -0.1) is 0 Å². The van der Waals surface area contributed by atoms with Crippen LogP contribution in [0.2, 0.25) is 0 Å². The number of hydrogen-bond acceptors (Lipinski definition) is 6. The van der Waals surface area contributed by atoms with Gasteiger partial charge in [0.25, 0.3) is 0 Å². The zero-order valence-electron chi connectivity index (χ0n) is 26.6. The summed E-state index contributed by atoms with van der Waals surface area (Å²) >= 11 is 0. The van der Waals surface area contributed by atoms with Crippen molar-refractivity contribution in [3.63, 3.8) is 0 Å². The molecule has 1 saturated heterocycles. The van der Waals surface area contributed by atoms with E-state index >= 15 is 0 Å². The summed E-state index contributed by atoms with van der Waals surface area (Å²) in [6.07, 6.45) is 6.91. The normalized spacial score (nSPS) is 26.3. The van der Waals surface area contributed by atoms with Crippen molar-refractivity contribution in [1.82, 2.24) is 37.2 Å². The van der Waals surface area contributed by atoms with Gasteiger partial charge in [-0.25, -0.2) is 0 Å². The zero-order valence-corrected chi connectivity index (χ0v) is 26.6. The third-order valence-electron chi connectivity index (χ3n) is 8.26. The first-order valence-corrected chi connectivity index (χ1v) is 16.0. The number of hydrogen-bond donors (Lipinski definition) is 8. The van der Waals surface area contributed by atoms with Gasteiger partial charge in [0.1, 0.15) is 23.7 Å². The summed E-state index contributed by atoms with van der Waals surface area (Å²) < 4.78 is 0. The van der Waals surface area contributed by atoms with Gasteiger partial charge in [-0.3, -0.25) is 29.4 Å². The van der Waals surface area contributed by atoms with E-state index in [2.05, 4.69) is 37.2 Å². The SMILES string of the molecule is CCNC(=N)NCCC[C@@H]1NC(=O)[C@](C)(NC(=O)C(C)C)CCNC(=O)[C@@H](CC2CCCCC2)NC(=O)[C@H](CC)NC1=O. The summed E-state index contributed by atoms with van der Waals surface area (Å²) in [7, 11) is 0. The molecule has 13 nitrogen and oxygen atoms in total. The van der Waals surface area contributed by atoms with E-state index in [9.17, 15) is 24.0 Å². The summed E-state index contributed by atoms with van der Waals surface area (Å²) in [6, 6.07) is -2.66. The molecular formula is C30H54N8O5. The van der Waals surface area contributed by atoms with Gasteiger partial charge >= 0.3 is 0 Å². The van der Waals surface area contributed by atoms with Crippen LogP contribution in [-0.4, -0.2) is 78.8 Å². The van der Waals surface area contributed by atoms with Crippen LogP contribution in [0.5, 0.6) is 0 Å². The Morgan fingerprint density at radius 1 is 0.930 bits per heavy atom. The highest BCUT2D eigenvalue weighted by molar-refractivity contribution is 5.97. The molecule has 0 bridgehead atoms. The summed E-state index contributed by atoms with van der Waals surface area (Å²) in [6.45, 7) is 9.75.